The molecule has 3 N–H and O–H groups in total. The van der Waals surface area contributed by atoms with Gasteiger partial charge in [-0.05, 0) is 42.5 Å². The fourth-order valence-corrected chi connectivity index (χ4v) is 2.03. The number of aromatic hydroxyl groups is 3. The molecule has 0 radical (unpaired) electrons. The molecule has 0 aliphatic heterocycles. The average Bonchev–Trinajstić information content (AvgIpc) is 2.49. The van der Waals surface area contributed by atoms with E-state index in [1.807, 2.05) is 0 Å². The molecule has 0 saturated carbocycles. The molecule has 5 heteroatoms. The van der Waals surface area contributed by atoms with Gasteiger partial charge in [0.25, 0.3) is 0 Å². The number of benzene rings is 3. The normalized spacial score (nSPS) is 11.2. The van der Waals surface area contributed by atoms with E-state index in [9.17, 15) is 15.3 Å². The van der Waals surface area contributed by atoms with Crippen molar-refractivity contribution in [3.63, 3.8) is 0 Å². The highest BCUT2D eigenvalue weighted by atomic mass is 16.3. The van der Waals surface area contributed by atoms with Gasteiger partial charge in [0, 0.05) is 10.8 Å². The summed E-state index contributed by atoms with van der Waals surface area (Å²) in [5.74, 6) is 0.216. The van der Waals surface area contributed by atoms with Crippen LogP contribution in [0.15, 0.2) is 64.8 Å². The lowest BCUT2D eigenvalue weighted by Gasteiger charge is -2.05. The first-order chi connectivity index (χ1) is 10.1. The van der Waals surface area contributed by atoms with Gasteiger partial charge in [0.15, 0.2) is 5.75 Å². The quantitative estimate of drug-likeness (QED) is 0.609. The second-order valence-electron chi connectivity index (χ2n) is 4.52. The molecule has 0 saturated heterocycles. The van der Waals surface area contributed by atoms with E-state index in [-0.39, 0.29) is 17.2 Å². The second-order valence-corrected chi connectivity index (χ2v) is 4.52. The van der Waals surface area contributed by atoms with Crippen LogP contribution in [0.2, 0.25) is 0 Å². The molecule has 0 aliphatic carbocycles. The van der Waals surface area contributed by atoms with Gasteiger partial charge in [-0.25, -0.2) is 0 Å². The fraction of sp³-hybridized carbons (Fsp3) is 0. The maximum atomic E-state index is 10.2. The molecule has 0 spiro atoms. The molecular formula is C16H12N2O3. The van der Waals surface area contributed by atoms with Crippen LogP contribution < -0.4 is 0 Å². The molecule has 3 rings (SSSR count). The molecule has 0 unspecified atom stereocenters. The Kier molecular flexibility index (Phi) is 3.16. The highest BCUT2D eigenvalue weighted by Gasteiger charge is 2.08. The van der Waals surface area contributed by atoms with Crippen LogP contribution in [0.1, 0.15) is 0 Å². The van der Waals surface area contributed by atoms with Crippen molar-refractivity contribution in [1.29, 1.82) is 0 Å². The zero-order valence-electron chi connectivity index (χ0n) is 10.9. The highest BCUT2D eigenvalue weighted by molar-refractivity contribution is 5.96. The van der Waals surface area contributed by atoms with Crippen LogP contribution in [-0.2, 0) is 0 Å². The Morgan fingerprint density at radius 2 is 1.43 bits per heavy atom. The third kappa shape index (κ3) is 2.49. The zero-order chi connectivity index (χ0) is 14.8. The average molecular weight is 280 g/mol. The summed E-state index contributed by atoms with van der Waals surface area (Å²) in [5, 5.41) is 38.2. The van der Waals surface area contributed by atoms with Gasteiger partial charge >= 0.3 is 0 Å². The molecule has 3 aromatic rings. The molecule has 0 aromatic heterocycles. The summed E-state index contributed by atoms with van der Waals surface area (Å²) < 4.78 is 0. The molecule has 0 fully saturated rings. The molecule has 21 heavy (non-hydrogen) atoms. The summed E-state index contributed by atoms with van der Waals surface area (Å²) in [7, 11) is 0. The maximum absolute atomic E-state index is 10.2. The number of nitrogens with zero attached hydrogens (tertiary/aromatic N) is 2. The summed E-state index contributed by atoms with van der Waals surface area (Å²) >= 11 is 0. The minimum atomic E-state index is -0.0362. The lowest BCUT2D eigenvalue weighted by atomic mass is 10.1. The molecule has 5 nitrogen and oxygen atoms in total. The Labute approximate surface area is 120 Å². The Morgan fingerprint density at radius 3 is 2.19 bits per heavy atom. The summed E-state index contributed by atoms with van der Waals surface area (Å²) in [4.78, 5) is 0. The van der Waals surface area contributed by atoms with Gasteiger partial charge in [0.2, 0.25) is 0 Å². The van der Waals surface area contributed by atoms with E-state index in [2.05, 4.69) is 10.2 Å². The van der Waals surface area contributed by atoms with Crippen molar-refractivity contribution in [2.24, 2.45) is 10.2 Å². The Bertz CT molecular complexity index is 827. The van der Waals surface area contributed by atoms with Crippen LogP contribution >= 0.6 is 0 Å². The predicted molar refractivity (Wildman–Crippen MR) is 79.6 cm³/mol. The number of phenolic OH excluding ortho intramolecular Hbond substituents is 3. The highest BCUT2D eigenvalue weighted by Crippen LogP contribution is 2.38. The maximum Gasteiger partial charge on any atom is 0.151 e. The van der Waals surface area contributed by atoms with Crippen molar-refractivity contribution in [2.45, 2.75) is 0 Å². The largest absolute Gasteiger partial charge is 0.508 e. The van der Waals surface area contributed by atoms with Crippen molar-refractivity contribution in [3.05, 3.63) is 54.6 Å². The molecule has 0 bridgehead atoms. The van der Waals surface area contributed by atoms with Gasteiger partial charge in [-0.1, -0.05) is 12.1 Å². The van der Waals surface area contributed by atoms with Gasteiger partial charge in [-0.15, -0.1) is 5.11 Å². The van der Waals surface area contributed by atoms with Crippen LogP contribution in [0.4, 0.5) is 11.4 Å². The molecule has 0 atom stereocenters. The van der Waals surface area contributed by atoms with E-state index < -0.39 is 0 Å². The SMILES string of the molecule is Oc1ccc(N=Nc2ccc3c(O)cccc3c2O)cc1. The third-order valence-electron chi connectivity index (χ3n) is 3.11. The number of phenols is 3. The van der Waals surface area contributed by atoms with E-state index in [0.29, 0.717) is 22.1 Å². The van der Waals surface area contributed by atoms with Crippen LogP contribution in [0, 0.1) is 0 Å². The van der Waals surface area contributed by atoms with E-state index in [0.717, 1.165) is 0 Å². The van der Waals surface area contributed by atoms with E-state index in [1.165, 1.54) is 12.1 Å². The van der Waals surface area contributed by atoms with Crippen LogP contribution in [0.3, 0.4) is 0 Å². The Balaban J connectivity index is 2.01. The van der Waals surface area contributed by atoms with Crippen LogP contribution in [0.25, 0.3) is 10.8 Å². The number of fused-ring (bicyclic) bond motifs is 1. The second kappa shape index (κ2) is 5.13. The molecule has 0 amide bonds. The number of hydrogen-bond donors (Lipinski definition) is 3. The summed E-state index contributed by atoms with van der Waals surface area (Å²) in [6.07, 6.45) is 0. The monoisotopic (exact) mass is 280 g/mol. The first-order valence-electron chi connectivity index (χ1n) is 6.29. The minimum absolute atomic E-state index is 0.0362. The van der Waals surface area contributed by atoms with Crippen molar-refractivity contribution in [2.75, 3.05) is 0 Å². The number of hydrogen-bond acceptors (Lipinski definition) is 5. The van der Waals surface area contributed by atoms with Crippen molar-refractivity contribution in [3.8, 4) is 17.2 Å². The first-order valence-corrected chi connectivity index (χ1v) is 6.29. The fourth-order valence-electron chi connectivity index (χ4n) is 2.03. The predicted octanol–water partition coefficient (Wildman–Crippen LogP) is 4.37. The Hall–Kier alpha value is -3.08. The minimum Gasteiger partial charge on any atom is -0.508 e. The van der Waals surface area contributed by atoms with E-state index >= 15 is 0 Å². The van der Waals surface area contributed by atoms with Gasteiger partial charge < -0.3 is 15.3 Å². The smallest absolute Gasteiger partial charge is 0.151 e. The summed E-state index contributed by atoms with van der Waals surface area (Å²) in [5.41, 5.74) is 0.865. The van der Waals surface area contributed by atoms with Crippen molar-refractivity contribution >= 4 is 22.1 Å². The molecule has 0 heterocycles. The van der Waals surface area contributed by atoms with E-state index in [4.69, 9.17) is 0 Å². The standard InChI is InChI=1S/C16H12N2O3/c19-11-6-4-10(5-7-11)17-18-14-9-8-12-13(16(14)21)2-1-3-15(12)20/h1-9,19-21H. The molecular weight excluding hydrogens is 268 g/mol. The van der Waals surface area contributed by atoms with Crippen molar-refractivity contribution < 1.29 is 15.3 Å². The topological polar surface area (TPSA) is 85.4 Å². The van der Waals surface area contributed by atoms with Gasteiger partial charge in [0.1, 0.15) is 17.2 Å². The van der Waals surface area contributed by atoms with Crippen LogP contribution in [-0.4, -0.2) is 15.3 Å². The molecule has 0 aliphatic rings. The van der Waals surface area contributed by atoms with Gasteiger partial charge in [-0.2, -0.15) is 5.11 Å². The first kappa shape index (κ1) is 12.9. The van der Waals surface area contributed by atoms with Gasteiger partial charge in [-0.3, -0.25) is 0 Å². The summed E-state index contributed by atoms with van der Waals surface area (Å²) in [6, 6.07) is 14.4. The van der Waals surface area contributed by atoms with E-state index in [1.54, 1.807) is 42.5 Å². The lowest BCUT2D eigenvalue weighted by molar-refractivity contribution is 0.475. The molecule has 104 valence electrons. The number of azo groups is 1. The lowest BCUT2D eigenvalue weighted by Crippen LogP contribution is -1.76. The Morgan fingerprint density at radius 1 is 0.667 bits per heavy atom. The molecule has 3 aromatic carbocycles. The van der Waals surface area contributed by atoms with Crippen LogP contribution in [0.5, 0.6) is 17.2 Å². The van der Waals surface area contributed by atoms with Crippen molar-refractivity contribution in [1.82, 2.24) is 0 Å². The third-order valence-corrected chi connectivity index (χ3v) is 3.11. The zero-order valence-corrected chi connectivity index (χ0v) is 10.9. The number of rotatable bonds is 2. The summed E-state index contributed by atoms with van der Waals surface area (Å²) in [6.45, 7) is 0. The van der Waals surface area contributed by atoms with Gasteiger partial charge in [0.05, 0.1) is 5.69 Å².